The van der Waals surface area contributed by atoms with E-state index in [2.05, 4.69) is 0 Å². The summed E-state index contributed by atoms with van der Waals surface area (Å²) in [6.07, 6.45) is 5.01. The lowest BCUT2D eigenvalue weighted by atomic mass is 10.1. The molecule has 0 spiro atoms. The Kier molecular flexibility index (Phi) is 5.68. The zero-order valence-corrected chi connectivity index (χ0v) is 11.4. The van der Waals surface area contributed by atoms with Crippen molar-refractivity contribution >= 4 is 34.8 Å². The highest BCUT2D eigenvalue weighted by Crippen LogP contribution is 2.27. The average molecular weight is 305 g/mol. The van der Waals surface area contributed by atoms with E-state index in [1.807, 2.05) is 12.1 Å². The molecule has 6 heteroatoms. The Labute approximate surface area is 125 Å². The zero-order chi connectivity index (χ0) is 15.1. The van der Waals surface area contributed by atoms with Crippen LogP contribution in [0, 0.1) is 22.7 Å². The molecule has 0 atom stereocenters. The number of benzene rings is 1. The van der Waals surface area contributed by atoms with Gasteiger partial charge >= 0.3 is 0 Å². The first-order chi connectivity index (χ1) is 9.49. The Hall–Kier alpha value is -2.40. The van der Waals surface area contributed by atoms with E-state index in [9.17, 15) is 9.59 Å². The van der Waals surface area contributed by atoms with Gasteiger partial charge in [0.05, 0.1) is 21.2 Å². The van der Waals surface area contributed by atoms with Gasteiger partial charge in [-0.1, -0.05) is 23.2 Å². The number of ketones is 2. The molecule has 0 N–H and O–H groups in total. The molecule has 1 aliphatic carbocycles. The Morgan fingerprint density at radius 1 is 0.850 bits per heavy atom. The number of carbonyl (C=O) groups is 2. The molecule has 1 aromatic carbocycles. The summed E-state index contributed by atoms with van der Waals surface area (Å²) in [5, 5.41) is 17.6. The van der Waals surface area contributed by atoms with Crippen LogP contribution >= 0.6 is 23.2 Å². The van der Waals surface area contributed by atoms with Crippen molar-refractivity contribution in [3.63, 3.8) is 0 Å². The van der Waals surface area contributed by atoms with Crippen LogP contribution in [0.2, 0.25) is 10.0 Å². The number of nitrogens with zero attached hydrogens (tertiary/aromatic N) is 2. The smallest absolute Gasteiger partial charge is 0.178 e. The molecule has 2 rings (SSSR count). The highest BCUT2D eigenvalue weighted by molar-refractivity contribution is 6.42. The zero-order valence-electron chi connectivity index (χ0n) is 9.93. The van der Waals surface area contributed by atoms with Crippen molar-refractivity contribution in [1.82, 2.24) is 0 Å². The van der Waals surface area contributed by atoms with E-state index in [0.29, 0.717) is 0 Å². The third-order valence-corrected chi connectivity index (χ3v) is 2.96. The summed E-state index contributed by atoms with van der Waals surface area (Å²) in [5.74, 6) is -0.241. The van der Waals surface area contributed by atoms with Crippen molar-refractivity contribution in [1.29, 1.82) is 10.5 Å². The summed E-state index contributed by atoms with van der Waals surface area (Å²) in [5.41, 5.74) is 0.374. The van der Waals surface area contributed by atoms with E-state index in [-0.39, 0.29) is 32.7 Å². The molecule has 98 valence electrons. The Morgan fingerprint density at radius 3 is 1.75 bits per heavy atom. The van der Waals surface area contributed by atoms with Crippen LogP contribution in [0.5, 0.6) is 0 Å². The fourth-order valence-electron chi connectivity index (χ4n) is 1.19. The number of rotatable bonds is 0. The molecule has 0 aromatic heterocycles. The SMILES string of the molecule is N#Cc1ccc(Cl)c(Cl)c1C#N.O=C1C=CC(=O)C=C1. The minimum absolute atomic E-state index is 0.121. The van der Waals surface area contributed by atoms with Gasteiger partial charge in [-0.25, -0.2) is 0 Å². The third kappa shape index (κ3) is 4.07. The van der Waals surface area contributed by atoms with Crippen molar-refractivity contribution in [2.24, 2.45) is 0 Å². The van der Waals surface area contributed by atoms with E-state index in [1.165, 1.54) is 36.4 Å². The first-order valence-electron chi connectivity index (χ1n) is 5.22. The maximum absolute atomic E-state index is 10.3. The maximum atomic E-state index is 10.3. The van der Waals surface area contributed by atoms with Crippen LogP contribution in [0.3, 0.4) is 0 Å². The molecular weight excluding hydrogens is 299 g/mol. The van der Waals surface area contributed by atoms with E-state index < -0.39 is 0 Å². The Bertz CT molecular complexity index is 669. The topological polar surface area (TPSA) is 81.7 Å². The molecular formula is C14H6Cl2N2O2. The van der Waals surface area contributed by atoms with Gasteiger partial charge in [-0.2, -0.15) is 10.5 Å². The minimum atomic E-state index is -0.121. The van der Waals surface area contributed by atoms with Crippen LogP contribution in [-0.4, -0.2) is 11.6 Å². The van der Waals surface area contributed by atoms with Gasteiger partial charge in [0, 0.05) is 0 Å². The fraction of sp³-hybridized carbons (Fsp3) is 0. The molecule has 0 radical (unpaired) electrons. The second kappa shape index (κ2) is 7.25. The highest BCUT2D eigenvalue weighted by Gasteiger charge is 2.09. The summed E-state index contributed by atoms with van der Waals surface area (Å²) in [4.78, 5) is 20.6. The van der Waals surface area contributed by atoms with Crippen LogP contribution in [-0.2, 0) is 9.59 Å². The van der Waals surface area contributed by atoms with Crippen molar-refractivity contribution < 1.29 is 9.59 Å². The summed E-state index contributed by atoms with van der Waals surface area (Å²) < 4.78 is 0. The lowest BCUT2D eigenvalue weighted by Gasteiger charge is -1.98. The largest absolute Gasteiger partial charge is 0.290 e. The van der Waals surface area contributed by atoms with Crippen molar-refractivity contribution in [2.75, 3.05) is 0 Å². The molecule has 0 saturated heterocycles. The van der Waals surface area contributed by atoms with Crippen LogP contribution in [0.25, 0.3) is 0 Å². The lowest BCUT2D eigenvalue weighted by molar-refractivity contribution is -0.113. The van der Waals surface area contributed by atoms with Gasteiger partial charge in [-0.15, -0.1) is 0 Å². The molecule has 1 aromatic rings. The van der Waals surface area contributed by atoms with Gasteiger partial charge in [0.1, 0.15) is 12.1 Å². The predicted octanol–water partition coefficient (Wildman–Crippen LogP) is 2.99. The molecule has 0 unspecified atom stereocenters. The van der Waals surface area contributed by atoms with E-state index in [1.54, 1.807) is 0 Å². The normalized spacial score (nSPS) is 12.2. The van der Waals surface area contributed by atoms with Gasteiger partial charge < -0.3 is 0 Å². The molecule has 0 amide bonds. The van der Waals surface area contributed by atoms with Crippen molar-refractivity contribution in [3.05, 3.63) is 57.6 Å². The van der Waals surface area contributed by atoms with Crippen LogP contribution in [0.4, 0.5) is 0 Å². The number of carbonyl (C=O) groups excluding carboxylic acids is 2. The molecule has 20 heavy (non-hydrogen) atoms. The fourth-order valence-corrected chi connectivity index (χ4v) is 1.56. The van der Waals surface area contributed by atoms with Gasteiger partial charge in [-0.05, 0) is 36.4 Å². The van der Waals surface area contributed by atoms with E-state index in [0.717, 1.165) is 0 Å². The predicted molar refractivity (Wildman–Crippen MR) is 74.2 cm³/mol. The number of hydrogen-bond donors (Lipinski definition) is 0. The number of nitriles is 2. The molecule has 0 saturated carbocycles. The van der Waals surface area contributed by atoms with Crippen LogP contribution < -0.4 is 0 Å². The van der Waals surface area contributed by atoms with E-state index >= 15 is 0 Å². The second-order valence-electron chi connectivity index (χ2n) is 3.48. The quantitative estimate of drug-likeness (QED) is 0.690. The minimum Gasteiger partial charge on any atom is -0.290 e. The molecule has 0 heterocycles. The van der Waals surface area contributed by atoms with Gasteiger partial charge in [-0.3, -0.25) is 9.59 Å². The van der Waals surface area contributed by atoms with Crippen molar-refractivity contribution in [2.45, 2.75) is 0 Å². The third-order valence-electron chi connectivity index (χ3n) is 2.15. The molecule has 1 aliphatic rings. The molecule has 0 bridgehead atoms. The lowest BCUT2D eigenvalue weighted by Crippen LogP contribution is -1.97. The monoisotopic (exact) mass is 304 g/mol. The summed E-state index contributed by atoms with van der Waals surface area (Å²) in [6, 6.07) is 6.62. The maximum Gasteiger partial charge on any atom is 0.178 e. The highest BCUT2D eigenvalue weighted by atomic mass is 35.5. The average Bonchev–Trinajstić information content (AvgIpc) is 2.45. The summed E-state index contributed by atoms with van der Waals surface area (Å²) in [6.45, 7) is 0. The molecule has 0 fully saturated rings. The standard InChI is InChI=1S/C8H2Cl2N2.C6H4O2/c9-7-2-1-5(3-11)6(4-12)8(7)10;7-5-1-2-6(8)4-3-5/h1-2H;1-4H. The molecule has 4 nitrogen and oxygen atoms in total. The first kappa shape index (κ1) is 15.7. The number of hydrogen-bond acceptors (Lipinski definition) is 4. The Balaban J connectivity index is 0.000000217. The summed E-state index contributed by atoms with van der Waals surface area (Å²) in [7, 11) is 0. The van der Waals surface area contributed by atoms with Crippen LogP contribution in [0.1, 0.15) is 11.1 Å². The van der Waals surface area contributed by atoms with E-state index in [4.69, 9.17) is 33.7 Å². The number of halogens is 2. The Morgan fingerprint density at radius 2 is 1.35 bits per heavy atom. The van der Waals surface area contributed by atoms with Crippen molar-refractivity contribution in [3.8, 4) is 12.1 Å². The second-order valence-corrected chi connectivity index (χ2v) is 4.26. The van der Waals surface area contributed by atoms with Gasteiger partial charge in [0.15, 0.2) is 11.6 Å². The summed E-state index contributed by atoms with van der Waals surface area (Å²) >= 11 is 11.3. The molecule has 0 aliphatic heterocycles. The van der Waals surface area contributed by atoms with Gasteiger partial charge in [0.25, 0.3) is 0 Å². The number of allylic oxidation sites excluding steroid dienone is 4. The first-order valence-corrected chi connectivity index (χ1v) is 5.97. The van der Waals surface area contributed by atoms with Gasteiger partial charge in [0.2, 0.25) is 0 Å². The van der Waals surface area contributed by atoms with Crippen LogP contribution in [0.15, 0.2) is 36.4 Å².